The van der Waals surface area contributed by atoms with Crippen LogP contribution in [0.15, 0.2) is 12.7 Å². The average Bonchev–Trinajstić information content (AvgIpc) is 0.918. The van der Waals surface area contributed by atoms with Crippen LogP contribution in [0.25, 0.3) is 0 Å². The molecule has 0 atom stereocenters. The molecule has 26 valence electrons. The third-order valence-electron chi connectivity index (χ3n) is 0. The number of hydrogen-bond donors (Lipinski definition) is 0. The molecule has 0 aromatic rings. The third-order valence-corrected chi connectivity index (χ3v) is 0. The molecule has 0 aromatic carbocycles. The molecule has 0 radical (unpaired) electrons. The Morgan fingerprint density at radius 3 is 1.60 bits per heavy atom. The molecule has 2 heteroatoms. The standard InChI is InChI=1S/C3H5.Ba.ClH/c1-3-2;;/h3H,1-2H2;;1H/q-1;+2;/p-1. The maximum absolute atomic E-state index is 3.25. The van der Waals surface area contributed by atoms with Gasteiger partial charge in [-0.15, -0.1) is 0 Å². The van der Waals surface area contributed by atoms with Gasteiger partial charge in [0.15, 0.2) is 0 Å². The summed E-state index contributed by atoms with van der Waals surface area (Å²) in [7, 11) is 0. The maximum Gasteiger partial charge on any atom is 2.00 e. The molecule has 0 rings (SSSR count). The minimum Gasteiger partial charge on any atom is -1.00 e. The van der Waals surface area contributed by atoms with Crippen LogP contribution in [0.1, 0.15) is 0 Å². The van der Waals surface area contributed by atoms with E-state index in [-0.39, 0.29) is 61.3 Å². The van der Waals surface area contributed by atoms with E-state index in [4.69, 9.17) is 0 Å². The van der Waals surface area contributed by atoms with Crippen molar-refractivity contribution in [2.45, 2.75) is 0 Å². The molecule has 0 heterocycles. The van der Waals surface area contributed by atoms with Gasteiger partial charge in [0, 0.05) is 0 Å². The van der Waals surface area contributed by atoms with Crippen molar-refractivity contribution in [3.63, 3.8) is 0 Å². The predicted molar refractivity (Wildman–Crippen MR) is 21.3 cm³/mol. The number of halogens is 1. The molecule has 0 aromatic heterocycles. The SMILES string of the molecule is C=C[CH2-].[Ba+2].[Cl-]. The van der Waals surface area contributed by atoms with Crippen molar-refractivity contribution < 1.29 is 12.4 Å². The zero-order valence-corrected chi connectivity index (χ0v) is 8.27. The van der Waals surface area contributed by atoms with Gasteiger partial charge in [-0.25, -0.2) is 19.6 Å². The Labute approximate surface area is 79.5 Å². The summed E-state index contributed by atoms with van der Waals surface area (Å²) >= 11 is 0. The van der Waals surface area contributed by atoms with E-state index in [1.54, 1.807) is 0 Å². The zero-order chi connectivity index (χ0) is 2.71. The van der Waals surface area contributed by atoms with Crippen molar-refractivity contribution in [3.8, 4) is 0 Å². The van der Waals surface area contributed by atoms with Gasteiger partial charge in [0.25, 0.3) is 0 Å². The van der Waals surface area contributed by atoms with Gasteiger partial charge >= 0.3 is 48.9 Å². The first-order valence-electron chi connectivity index (χ1n) is 0.816. The fraction of sp³-hybridized carbons (Fsp3) is 0. The van der Waals surface area contributed by atoms with Crippen LogP contribution in [0.5, 0.6) is 0 Å². The Kier molecular flexibility index (Phi) is 57.6. The fourth-order valence-electron chi connectivity index (χ4n) is 0. The summed E-state index contributed by atoms with van der Waals surface area (Å²) in [6.07, 6.45) is 1.50. The topological polar surface area (TPSA) is 0 Å². The quantitative estimate of drug-likeness (QED) is 0.312. The van der Waals surface area contributed by atoms with Gasteiger partial charge in [-0.05, 0) is 0 Å². The van der Waals surface area contributed by atoms with Crippen molar-refractivity contribution in [1.82, 2.24) is 0 Å². The molecule has 0 N–H and O–H groups in total. The molecule has 0 aliphatic heterocycles. The largest absolute Gasteiger partial charge is 2.00 e. The molecule has 5 heavy (non-hydrogen) atoms. The van der Waals surface area contributed by atoms with Crippen molar-refractivity contribution in [3.05, 3.63) is 19.6 Å². The van der Waals surface area contributed by atoms with E-state index in [1.165, 1.54) is 6.08 Å². The monoisotopic (exact) mass is 214 g/mol. The molecular formula is C3H5BaCl. The summed E-state index contributed by atoms with van der Waals surface area (Å²) in [5.74, 6) is 0. The summed E-state index contributed by atoms with van der Waals surface area (Å²) < 4.78 is 0. The van der Waals surface area contributed by atoms with Gasteiger partial charge in [0.1, 0.15) is 0 Å². The second-order valence-corrected chi connectivity index (χ2v) is 0.289. The van der Waals surface area contributed by atoms with Crippen LogP contribution in [0.2, 0.25) is 0 Å². The van der Waals surface area contributed by atoms with Crippen LogP contribution in [-0.2, 0) is 0 Å². The molecule has 0 spiro atoms. The van der Waals surface area contributed by atoms with Gasteiger partial charge in [-0.1, -0.05) is 0 Å². The third kappa shape index (κ3) is 30.5. The Balaban J connectivity index is -0.0000000200. The molecule has 0 nitrogen and oxygen atoms in total. The molecule has 0 saturated carbocycles. The molecule has 0 bridgehead atoms. The van der Waals surface area contributed by atoms with Crippen LogP contribution in [0, 0.1) is 6.92 Å². The van der Waals surface area contributed by atoms with Crippen molar-refractivity contribution >= 4 is 48.9 Å². The Morgan fingerprint density at radius 2 is 1.60 bits per heavy atom. The summed E-state index contributed by atoms with van der Waals surface area (Å²) in [5.41, 5.74) is 0. The summed E-state index contributed by atoms with van der Waals surface area (Å²) in [6, 6.07) is 0. The Bertz CT molecular complexity index is 14.4. The van der Waals surface area contributed by atoms with Gasteiger partial charge in [-0.3, -0.25) is 0 Å². The maximum atomic E-state index is 3.25. The van der Waals surface area contributed by atoms with Gasteiger partial charge in [0.2, 0.25) is 0 Å². The van der Waals surface area contributed by atoms with Crippen LogP contribution in [0.4, 0.5) is 0 Å². The molecule has 0 unspecified atom stereocenters. The van der Waals surface area contributed by atoms with Gasteiger partial charge in [0.05, 0.1) is 0 Å². The molecule has 0 fully saturated rings. The second-order valence-electron chi connectivity index (χ2n) is 0.289. The van der Waals surface area contributed by atoms with Crippen molar-refractivity contribution in [2.75, 3.05) is 0 Å². The normalized spacial score (nSPS) is 2.40. The molecule has 0 saturated heterocycles. The van der Waals surface area contributed by atoms with Gasteiger partial charge < -0.3 is 12.4 Å². The van der Waals surface area contributed by atoms with E-state index in [2.05, 4.69) is 13.5 Å². The van der Waals surface area contributed by atoms with Gasteiger partial charge in [-0.2, -0.15) is 0 Å². The second kappa shape index (κ2) is 17.9. The minimum atomic E-state index is 0. The average molecular weight is 214 g/mol. The number of hydrogen-bond acceptors (Lipinski definition) is 0. The first kappa shape index (κ1) is 16.1. The van der Waals surface area contributed by atoms with Crippen molar-refractivity contribution in [1.29, 1.82) is 0 Å². The summed E-state index contributed by atoms with van der Waals surface area (Å²) in [4.78, 5) is 0. The van der Waals surface area contributed by atoms with E-state index in [1.807, 2.05) is 0 Å². The van der Waals surface area contributed by atoms with Crippen LogP contribution < -0.4 is 12.4 Å². The number of rotatable bonds is 0. The molecular weight excluding hydrogens is 209 g/mol. The van der Waals surface area contributed by atoms with E-state index in [9.17, 15) is 0 Å². The van der Waals surface area contributed by atoms with Crippen LogP contribution >= 0.6 is 0 Å². The summed E-state index contributed by atoms with van der Waals surface area (Å²) in [5, 5.41) is 0. The molecule has 0 amide bonds. The Morgan fingerprint density at radius 1 is 1.60 bits per heavy atom. The first-order chi connectivity index (χ1) is 1.41. The van der Waals surface area contributed by atoms with E-state index in [0.29, 0.717) is 0 Å². The Hall–Kier alpha value is 1.47. The molecule has 0 aliphatic rings. The van der Waals surface area contributed by atoms with Crippen LogP contribution in [-0.4, -0.2) is 48.9 Å². The molecule has 0 aliphatic carbocycles. The summed E-state index contributed by atoms with van der Waals surface area (Å²) in [6.45, 7) is 6.50. The predicted octanol–water partition coefficient (Wildman–Crippen LogP) is -2.37. The smallest absolute Gasteiger partial charge is 1.00 e. The first-order valence-corrected chi connectivity index (χ1v) is 0.816. The zero-order valence-electron chi connectivity index (χ0n) is 3.08. The fourth-order valence-corrected chi connectivity index (χ4v) is 0. The number of allylic oxidation sites excluding steroid dienone is 1. The van der Waals surface area contributed by atoms with E-state index >= 15 is 0 Å². The van der Waals surface area contributed by atoms with E-state index < -0.39 is 0 Å². The van der Waals surface area contributed by atoms with Crippen molar-refractivity contribution in [2.24, 2.45) is 0 Å². The van der Waals surface area contributed by atoms with Crippen LogP contribution in [0.3, 0.4) is 0 Å². The van der Waals surface area contributed by atoms with E-state index in [0.717, 1.165) is 0 Å². The minimum absolute atomic E-state index is 0.